The summed E-state index contributed by atoms with van der Waals surface area (Å²) in [4.78, 5) is 2.47. The Morgan fingerprint density at radius 2 is 2.20 bits per heavy atom. The van der Waals surface area contributed by atoms with Crippen LogP contribution in [-0.2, 0) is 0 Å². The van der Waals surface area contributed by atoms with E-state index < -0.39 is 0 Å². The molecular weight excluding hydrogens is 124 g/mol. The molecule has 1 aliphatic rings. The number of hydrogen-bond acceptors (Lipinski definition) is 2. The maximum Gasteiger partial charge on any atom is 0.00483 e. The molecule has 1 rings (SSSR count). The first kappa shape index (κ1) is 8.02. The normalized spacial score (nSPS) is 22.2. The third-order valence-corrected chi connectivity index (χ3v) is 2.29. The summed E-state index contributed by atoms with van der Waals surface area (Å²) < 4.78 is 0. The van der Waals surface area contributed by atoms with Crippen LogP contribution in [0.4, 0.5) is 0 Å². The molecule has 0 bridgehead atoms. The van der Waals surface area contributed by atoms with Crippen molar-refractivity contribution in [2.24, 2.45) is 5.73 Å². The van der Waals surface area contributed by atoms with Crippen molar-refractivity contribution in [3.63, 3.8) is 0 Å². The van der Waals surface area contributed by atoms with Crippen LogP contribution in [0.5, 0.6) is 0 Å². The molecule has 0 aliphatic carbocycles. The van der Waals surface area contributed by atoms with Crippen LogP contribution >= 0.6 is 0 Å². The van der Waals surface area contributed by atoms with E-state index in [2.05, 4.69) is 11.8 Å². The molecule has 0 radical (unpaired) electrons. The molecule has 1 atom stereocenters. The van der Waals surface area contributed by atoms with E-state index in [-0.39, 0.29) is 0 Å². The van der Waals surface area contributed by atoms with Crippen molar-refractivity contribution in [2.75, 3.05) is 19.6 Å². The maximum atomic E-state index is 5.77. The van der Waals surface area contributed by atoms with Crippen LogP contribution in [0, 0.1) is 0 Å². The average Bonchev–Trinajstić information content (AvgIpc) is 1.84. The van der Waals surface area contributed by atoms with Gasteiger partial charge in [0.05, 0.1) is 0 Å². The second kappa shape index (κ2) is 3.94. The molecular formula is C8H18N2. The molecule has 2 nitrogen and oxygen atoms in total. The quantitative estimate of drug-likeness (QED) is 0.629. The van der Waals surface area contributed by atoms with Crippen LogP contribution in [-0.4, -0.2) is 30.6 Å². The molecule has 0 aromatic heterocycles. The van der Waals surface area contributed by atoms with Crippen molar-refractivity contribution in [3.05, 3.63) is 0 Å². The van der Waals surface area contributed by atoms with Crippen LogP contribution in [0.25, 0.3) is 0 Å². The molecule has 2 heteroatoms. The summed E-state index contributed by atoms with van der Waals surface area (Å²) >= 11 is 0. The molecule has 0 amide bonds. The SMILES string of the molecule is CCC(N)CCN1CCC1. The van der Waals surface area contributed by atoms with Crippen molar-refractivity contribution in [1.29, 1.82) is 0 Å². The fraction of sp³-hybridized carbons (Fsp3) is 1.00. The Kier molecular flexibility index (Phi) is 3.16. The van der Waals surface area contributed by atoms with Gasteiger partial charge >= 0.3 is 0 Å². The first-order chi connectivity index (χ1) is 4.83. The van der Waals surface area contributed by atoms with E-state index in [4.69, 9.17) is 5.73 Å². The van der Waals surface area contributed by atoms with E-state index >= 15 is 0 Å². The largest absolute Gasteiger partial charge is 0.328 e. The van der Waals surface area contributed by atoms with Crippen LogP contribution in [0.1, 0.15) is 26.2 Å². The Balaban J connectivity index is 1.93. The number of nitrogens with two attached hydrogens (primary N) is 1. The Morgan fingerprint density at radius 1 is 1.50 bits per heavy atom. The second-order valence-electron chi connectivity index (χ2n) is 3.15. The van der Waals surface area contributed by atoms with E-state index in [0.29, 0.717) is 6.04 Å². The molecule has 1 heterocycles. The van der Waals surface area contributed by atoms with Crippen LogP contribution in [0.2, 0.25) is 0 Å². The lowest BCUT2D eigenvalue weighted by atomic mass is 10.1. The molecule has 1 fully saturated rings. The predicted octanol–water partition coefficient (Wildman–Crippen LogP) is 0.819. The maximum absolute atomic E-state index is 5.77. The van der Waals surface area contributed by atoms with Gasteiger partial charge in [-0.1, -0.05) is 6.92 Å². The lowest BCUT2D eigenvalue weighted by Crippen LogP contribution is -2.39. The van der Waals surface area contributed by atoms with Gasteiger partial charge in [0, 0.05) is 6.04 Å². The van der Waals surface area contributed by atoms with E-state index in [1.165, 1.54) is 32.5 Å². The smallest absolute Gasteiger partial charge is 0.00483 e. The van der Waals surface area contributed by atoms with Gasteiger partial charge in [-0.05, 0) is 38.9 Å². The zero-order chi connectivity index (χ0) is 7.40. The molecule has 0 saturated carbocycles. The number of hydrogen-bond donors (Lipinski definition) is 1. The Bertz CT molecular complexity index is 84.5. The zero-order valence-electron chi connectivity index (χ0n) is 6.84. The van der Waals surface area contributed by atoms with E-state index in [0.717, 1.165) is 6.42 Å². The van der Waals surface area contributed by atoms with E-state index in [9.17, 15) is 0 Å². The summed E-state index contributed by atoms with van der Waals surface area (Å²) in [7, 11) is 0. The van der Waals surface area contributed by atoms with Crippen LogP contribution in [0.3, 0.4) is 0 Å². The fourth-order valence-electron chi connectivity index (χ4n) is 1.16. The molecule has 1 unspecified atom stereocenters. The molecule has 0 spiro atoms. The molecule has 60 valence electrons. The van der Waals surface area contributed by atoms with Gasteiger partial charge in [-0.3, -0.25) is 0 Å². The summed E-state index contributed by atoms with van der Waals surface area (Å²) in [5.74, 6) is 0. The summed E-state index contributed by atoms with van der Waals surface area (Å²) in [6.45, 7) is 5.97. The van der Waals surface area contributed by atoms with Crippen LogP contribution in [0.15, 0.2) is 0 Å². The van der Waals surface area contributed by atoms with Gasteiger partial charge in [0.25, 0.3) is 0 Å². The summed E-state index contributed by atoms with van der Waals surface area (Å²) in [6.07, 6.45) is 3.69. The van der Waals surface area contributed by atoms with Crippen molar-refractivity contribution in [3.8, 4) is 0 Å². The van der Waals surface area contributed by atoms with Gasteiger partial charge in [0.2, 0.25) is 0 Å². The standard InChI is InChI=1S/C8H18N2/c1-2-8(9)4-7-10-5-3-6-10/h8H,2-7,9H2,1H3. The van der Waals surface area contributed by atoms with Crippen molar-refractivity contribution >= 4 is 0 Å². The summed E-state index contributed by atoms with van der Waals surface area (Å²) in [5.41, 5.74) is 5.77. The van der Waals surface area contributed by atoms with Gasteiger partial charge in [0.15, 0.2) is 0 Å². The van der Waals surface area contributed by atoms with Gasteiger partial charge in [-0.15, -0.1) is 0 Å². The number of nitrogens with zero attached hydrogens (tertiary/aromatic N) is 1. The highest BCUT2D eigenvalue weighted by Gasteiger charge is 2.13. The Morgan fingerprint density at radius 3 is 2.60 bits per heavy atom. The third kappa shape index (κ3) is 2.27. The lowest BCUT2D eigenvalue weighted by molar-refractivity contribution is 0.175. The van der Waals surface area contributed by atoms with Gasteiger partial charge in [0.1, 0.15) is 0 Å². The molecule has 0 aromatic carbocycles. The highest BCUT2D eigenvalue weighted by atomic mass is 15.2. The average molecular weight is 142 g/mol. The van der Waals surface area contributed by atoms with Crippen molar-refractivity contribution in [2.45, 2.75) is 32.2 Å². The van der Waals surface area contributed by atoms with Gasteiger partial charge < -0.3 is 10.6 Å². The van der Waals surface area contributed by atoms with E-state index in [1.54, 1.807) is 0 Å². The summed E-state index contributed by atoms with van der Waals surface area (Å²) in [5, 5.41) is 0. The molecule has 0 aromatic rings. The minimum absolute atomic E-state index is 0.431. The first-order valence-corrected chi connectivity index (χ1v) is 4.31. The summed E-state index contributed by atoms with van der Waals surface area (Å²) in [6, 6.07) is 0.431. The Labute approximate surface area is 63.4 Å². The number of likely N-dealkylation sites (tertiary alicyclic amines) is 1. The molecule has 1 aliphatic heterocycles. The molecule has 2 N–H and O–H groups in total. The minimum Gasteiger partial charge on any atom is -0.328 e. The van der Waals surface area contributed by atoms with E-state index in [1.807, 2.05) is 0 Å². The number of rotatable bonds is 4. The van der Waals surface area contributed by atoms with Gasteiger partial charge in [-0.25, -0.2) is 0 Å². The zero-order valence-corrected chi connectivity index (χ0v) is 6.84. The highest BCUT2D eigenvalue weighted by Crippen LogP contribution is 2.07. The van der Waals surface area contributed by atoms with Crippen molar-refractivity contribution < 1.29 is 0 Å². The van der Waals surface area contributed by atoms with Crippen molar-refractivity contribution in [1.82, 2.24) is 4.90 Å². The molecule has 10 heavy (non-hydrogen) atoms. The Hall–Kier alpha value is -0.0800. The second-order valence-corrected chi connectivity index (χ2v) is 3.15. The predicted molar refractivity (Wildman–Crippen MR) is 43.9 cm³/mol. The van der Waals surface area contributed by atoms with Gasteiger partial charge in [-0.2, -0.15) is 0 Å². The third-order valence-electron chi connectivity index (χ3n) is 2.29. The lowest BCUT2D eigenvalue weighted by Gasteiger charge is -2.31. The highest BCUT2D eigenvalue weighted by molar-refractivity contribution is 4.70. The van der Waals surface area contributed by atoms with Crippen LogP contribution < -0.4 is 5.73 Å². The first-order valence-electron chi connectivity index (χ1n) is 4.31. The topological polar surface area (TPSA) is 29.3 Å². The monoisotopic (exact) mass is 142 g/mol. The fourth-order valence-corrected chi connectivity index (χ4v) is 1.16. The molecule has 1 saturated heterocycles. The minimum atomic E-state index is 0.431.